The predicted molar refractivity (Wildman–Crippen MR) is 72.3 cm³/mol. The van der Waals surface area contributed by atoms with Gasteiger partial charge in [0.25, 0.3) is 0 Å². The van der Waals surface area contributed by atoms with Crippen LogP contribution in [0.4, 0.5) is 0 Å². The molecule has 0 aliphatic heterocycles. The highest BCUT2D eigenvalue weighted by molar-refractivity contribution is 5.51. The summed E-state index contributed by atoms with van der Waals surface area (Å²) >= 11 is 0. The first kappa shape index (κ1) is 12.2. The fraction of sp³-hybridized carbons (Fsp3) is 0.467. The minimum Gasteiger partial charge on any atom is -0.490 e. The van der Waals surface area contributed by atoms with Gasteiger partial charge in [0.2, 0.25) is 0 Å². The molecule has 1 aromatic rings. The quantitative estimate of drug-likeness (QED) is 0.727. The van der Waals surface area contributed by atoms with Crippen LogP contribution in [0.3, 0.4) is 0 Å². The molecule has 92 valence electrons. The molecular formula is C15H21NO. The highest BCUT2D eigenvalue weighted by atomic mass is 16.5. The summed E-state index contributed by atoms with van der Waals surface area (Å²) < 4.78 is 5.76. The molecule has 2 heteroatoms. The first-order valence-corrected chi connectivity index (χ1v) is 6.52. The third-order valence-electron chi connectivity index (χ3n) is 2.73. The molecule has 1 aliphatic rings. The van der Waals surface area contributed by atoms with Crippen molar-refractivity contribution in [2.75, 3.05) is 13.1 Å². The average Bonchev–Trinajstić information content (AvgIpc) is 3.13. The van der Waals surface area contributed by atoms with Crippen LogP contribution in [-0.2, 0) is 0 Å². The summed E-state index contributed by atoms with van der Waals surface area (Å²) in [5, 5.41) is 3.30. The Labute approximate surface area is 104 Å². The summed E-state index contributed by atoms with van der Waals surface area (Å²) in [5.41, 5.74) is 1.22. The number of hydrogen-bond acceptors (Lipinski definition) is 2. The Morgan fingerprint density at radius 3 is 3.06 bits per heavy atom. The highest BCUT2D eigenvalue weighted by Crippen LogP contribution is 2.27. The van der Waals surface area contributed by atoms with Gasteiger partial charge >= 0.3 is 0 Å². The number of rotatable bonds is 7. The third-order valence-corrected chi connectivity index (χ3v) is 2.73. The SMILES string of the molecule is CCNCC/C=C/c1cccc(OC2CC2)c1. The Balaban J connectivity index is 1.82. The van der Waals surface area contributed by atoms with Gasteiger partial charge in [-0.05, 0) is 50.0 Å². The van der Waals surface area contributed by atoms with E-state index in [4.69, 9.17) is 4.74 Å². The molecule has 0 heterocycles. The van der Waals surface area contributed by atoms with Crippen LogP contribution in [0.15, 0.2) is 30.3 Å². The van der Waals surface area contributed by atoms with E-state index in [0.29, 0.717) is 6.10 Å². The van der Waals surface area contributed by atoms with Gasteiger partial charge in [-0.25, -0.2) is 0 Å². The largest absolute Gasteiger partial charge is 0.490 e. The maximum atomic E-state index is 5.76. The first-order valence-electron chi connectivity index (χ1n) is 6.52. The third kappa shape index (κ3) is 4.61. The van der Waals surface area contributed by atoms with Crippen molar-refractivity contribution >= 4 is 6.08 Å². The number of benzene rings is 1. The van der Waals surface area contributed by atoms with E-state index in [9.17, 15) is 0 Å². The van der Waals surface area contributed by atoms with Gasteiger partial charge in [-0.3, -0.25) is 0 Å². The molecule has 2 rings (SSSR count). The van der Waals surface area contributed by atoms with Crippen LogP contribution in [-0.4, -0.2) is 19.2 Å². The zero-order valence-corrected chi connectivity index (χ0v) is 10.5. The molecule has 0 unspecified atom stereocenters. The van der Waals surface area contributed by atoms with Gasteiger partial charge < -0.3 is 10.1 Å². The van der Waals surface area contributed by atoms with E-state index in [1.165, 1.54) is 18.4 Å². The Bertz CT molecular complexity index is 369. The minimum absolute atomic E-state index is 0.475. The van der Waals surface area contributed by atoms with Gasteiger partial charge in [0.05, 0.1) is 6.10 Å². The van der Waals surface area contributed by atoms with Crippen LogP contribution >= 0.6 is 0 Å². The lowest BCUT2D eigenvalue weighted by Gasteiger charge is -2.04. The van der Waals surface area contributed by atoms with E-state index in [2.05, 4.69) is 42.6 Å². The van der Waals surface area contributed by atoms with Crippen LogP contribution in [0.5, 0.6) is 5.75 Å². The van der Waals surface area contributed by atoms with Crippen molar-refractivity contribution in [1.29, 1.82) is 0 Å². The molecule has 1 fully saturated rings. The van der Waals surface area contributed by atoms with Crippen molar-refractivity contribution in [1.82, 2.24) is 5.32 Å². The maximum Gasteiger partial charge on any atom is 0.120 e. The Kier molecular flexibility index (Phi) is 4.63. The fourth-order valence-electron chi connectivity index (χ4n) is 1.65. The molecule has 0 radical (unpaired) electrons. The predicted octanol–water partition coefficient (Wildman–Crippen LogP) is 3.24. The molecule has 0 atom stereocenters. The van der Waals surface area contributed by atoms with Crippen LogP contribution in [0, 0.1) is 0 Å². The van der Waals surface area contributed by atoms with Crippen LogP contribution in [0.25, 0.3) is 6.08 Å². The highest BCUT2D eigenvalue weighted by Gasteiger charge is 2.23. The molecule has 1 N–H and O–H groups in total. The molecule has 1 saturated carbocycles. The summed E-state index contributed by atoms with van der Waals surface area (Å²) in [6.07, 6.45) is 8.34. The average molecular weight is 231 g/mol. The zero-order chi connectivity index (χ0) is 11.9. The lowest BCUT2D eigenvalue weighted by Crippen LogP contribution is -2.12. The molecule has 17 heavy (non-hydrogen) atoms. The summed E-state index contributed by atoms with van der Waals surface area (Å²) in [5.74, 6) is 1.00. The Morgan fingerprint density at radius 2 is 2.29 bits per heavy atom. The monoisotopic (exact) mass is 231 g/mol. The maximum absolute atomic E-state index is 5.76. The van der Waals surface area contributed by atoms with Crippen LogP contribution < -0.4 is 10.1 Å². The van der Waals surface area contributed by atoms with Crippen molar-refractivity contribution < 1.29 is 4.74 Å². The van der Waals surface area contributed by atoms with Crippen molar-refractivity contribution in [3.05, 3.63) is 35.9 Å². The Morgan fingerprint density at radius 1 is 1.41 bits per heavy atom. The second-order valence-corrected chi connectivity index (χ2v) is 4.43. The molecule has 1 aliphatic carbocycles. The summed E-state index contributed by atoms with van der Waals surface area (Å²) in [7, 11) is 0. The Hall–Kier alpha value is -1.28. The summed E-state index contributed by atoms with van der Waals surface area (Å²) in [6, 6.07) is 8.32. The van der Waals surface area contributed by atoms with Gasteiger partial charge in [-0.2, -0.15) is 0 Å². The van der Waals surface area contributed by atoms with Gasteiger partial charge in [0.1, 0.15) is 5.75 Å². The molecule has 0 aromatic heterocycles. The molecule has 2 nitrogen and oxygen atoms in total. The zero-order valence-electron chi connectivity index (χ0n) is 10.5. The van der Waals surface area contributed by atoms with Crippen molar-refractivity contribution in [2.24, 2.45) is 0 Å². The van der Waals surface area contributed by atoms with E-state index in [0.717, 1.165) is 25.3 Å². The lowest BCUT2D eigenvalue weighted by molar-refractivity contribution is 0.303. The summed E-state index contributed by atoms with van der Waals surface area (Å²) in [4.78, 5) is 0. The van der Waals surface area contributed by atoms with Crippen LogP contribution in [0.2, 0.25) is 0 Å². The molecular weight excluding hydrogens is 210 g/mol. The first-order chi connectivity index (χ1) is 8.38. The van der Waals surface area contributed by atoms with Crippen LogP contribution in [0.1, 0.15) is 31.7 Å². The van der Waals surface area contributed by atoms with E-state index < -0.39 is 0 Å². The van der Waals surface area contributed by atoms with Gasteiger partial charge in [-0.15, -0.1) is 0 Å². The number of ether oxygens (including phenoxy) is 1. The molecule has 0 saturated heterocycles. The van der Waals surface area contributed by atoms with Gasteiger partial charge in [0.15, 0.2) is 0 Å². The minimum atomic E-state index is 0.475. The summed E-state index contributed by atoms with van der Waals surface area (Å²) in [6.45, 7) is 4.21. The standard InChI is InChI=1S/C15H21NO/c1-2-16-11-4-3-6-13-7-5-8-15(12-13)17-14-9-10-14/h3,5-8,12,14,16H,2,4,9-11H2,1H3/b6-3+. The van der Waals surface area contributed by atoms with Crippen molar-refractivity contribution in [3.8, 4) is 5.75 Å². The molecule has 0 spiro atoms. The topological polar surface area (TPSA) is 21.3 Å². The van der Waals surface area contributed by atoms with E-state index in [1.807, 2.05) is 6.07 Å². The molecule has 0 amide bonds. The second kappa shape index (κ2) is 6.45. The fourth-order valence-corrected chi connectivity index (χ4v) is 1.65. The lowest BCUT2D eigenvalue weighted by atomic mass is 10.2. The van der Waals surface area contributed by atoms with Gasteiger partial charge in [0, 0.05) is 0 Å². The van der Waals surface area contributed by atoms with Gasteiger partial charge in [-0.1, -0.05) is 31.2 Å². The molecule has 0 bridgehead atoms. The second-order valence-electron chi connectivity index (χ2n) is 4.43. The van der Waals surface area contributed by atoms with Crippen molar-refractivity contribution in [3.63, 3.8) is 0 Å². The number of hydrogen-bond donors (Lipinski definition) is 1. The van der Waals surface area contributed by atoms with E-state index in [1.54, 1.807) is 0 Å². The normalized spacial score (nSPS) is 15.4. The van der Waals surface area contributed by atoms with E-state index in [-0.39, 0.29) is 0 Å². The van der Waals surface area contributed by atoms with E-state index >= 15 is 0 Å². The van der Waals surface area contributed by atoms with Crippen molar-refractivity contribution in [2.45, 2.75) is 32.3 Å². The number of nitrogens with one attached hydrogen (secondary N) is 1. The molecule has 1 aromatic carbocycles. The smallest absolute Gasteiger partial charge is 0.120 e.